The van der Waals surface area contributed by atoms with E-state index < -0.39 is 0 Å². The third-order valence-corrected chi connectivity index (χ3v) is 12.2. The highest BCUT2D eigenvalue weighted by Crippen LogP contribution is 2.50. The van der Waals surface area contributed by atoms with Gasteiger partial charge in [-0.1, -0.05) is 158 Å². The molecule has 4 unspecified atom stereocenters. The Kier molecular flexibility index (Phi) is 7.42. The van der Waals surface area contributed by atoms with Crippen LogP contribution in [0, 0.1) is 5.92 Å². The van der Waals surface area contributed by atoms with Crippen molar-refractivity contribution in [2.75, 3.05) is 0 Å². The van der Waals surface area contributed by atoms with Gasteiger partial charge < -0.3 is 5.32 Å². The molecule has 0 radical (unpaired) electrons. The molecule has 0 spiro atoms. The molecule has 0 bridgehead atoms. The van der Waals surface area contributed by atoms with Gasteiger partial charge in [0, 0.05) is 27.5 Å². The number of fused-ring (bicyclic) bond motifs is 6. The monoisotopic (exact) mass is 673 g/mol. The summed E-state index contributed by atoms with van der Waals surface area (Å²) in [6.07, 6.45) is 14.7. The highest BCUT2D eigenvalue weighted by atomic mass is 32.2. The van der Waals surface area contributed by atoms with Crippen molar-refractivity contribution >= 4 is 50.6 Å². The lowest BCUT2D eigenvalue weighted by Gasteiger charge is -2.26. The van der Waals surface area contributed by atoms with E-state index in [1.165, 1.54) is 38.2 Å². The van der Waals surface area contributed by atoms with Gasteiger partial charge in [-0.2, -0.15) is 0 Å². The average molecular weight is 674 g/mol. The molecule has 2 aliphatic carbocycles. The smallest absolute Gasteiger partial charge is 0.159 e. The van der Waals surface area contributed by atoms with Gasteiger partial charge >= 0.3 is 0 Å². The van der Waals surface area contributed by atoms with Crippen molar-refractivity contribution in [3.8, 4) is 11.1 Å². The lowest BCUT2D eigenvalue weighted by Crippen LogP contribution is -2.34. The Labute approximate surface area is 302 Å². The molecule has 2 heterocycles. The minimum atomic E-state index is -0.264. The van der Waals surface area contributed by atoms with Crippen molar-refractivity contribution in [3.05, 3.63) is 198 Å². The summed E-state index contributed by atoms with van der Waals surface area (Å²) in [5, 5.41) is 9.81. The number of amidine groups is 2. The van der Waals surface area contributed by atoms with E-state index in [0.717, 1.165) is 40.3 Å². The lowest BCUT2D eigenvalue weighted by molar-refractivity contribution is 0.674. The summed E-state index contributed by atoms with van der Waals surface area (Å²) in [6.45, 7) is 0. The van der Waals surface area contributed by atoms with Crippen LogP contribution in [0.5, 0.6) is 0 Å². The van der Waals surface area contributed by atoms with Crippen molar-refractivity contribution in [2.45, 2.75) is 23.1 Å². The zero-order valence-corrected chi connectivity index (χ0v) is 28.8. The highest BCUT2D eigenvalue weighted by molar-refractivity contribution is 8.01. The first-order chi connectivity index (χ1) is 25.2. The van der Waals surface area contributed by atoms with E-state index in [4.69, 9.17) is 9.98 Å². The molecule has 2 aliphatic heterocycles. The molecule has 1 N–H and O–H groups in total. The zero-order chi connectivity index (χ0) is 33.7. The second-order valence-electron chi connectivity index (χ2n) is 13.7. The molecule has 1 fully saturated rings. The van der Waals surface area contributed by atoms with E-state index in [1.54, 1.807) is 5.57 Å². The second kappa shape index (κ2) is 12.6. The van der Waals surface area contributed by atoms with Crippen molar-refractivity contribution < 1.29 is 0 Å². The predicted octanol–water partition coefficient (Wildman–Crippen LogP) is 11.1. The maximum Gasteiger partial charge on any atom is 0.159 e. The molecule has 6 aromatic rings. The van der Waals surface area contributed by atoms with Crippen LogP contribution >= 0.6 is 11.8 Å². The van der Waals surface area contributed by atoms with Crippen LogP contribution in [-0.4, -0.2) is 22.2 Å². The van der Waals surface area contributed by atoms with Crippen LogP contribution in [0.3, 0.4) is 0 Å². The number of rotatable bonds is 5. The number of allylic oxidation sites excluding steroid dienone is 6. The molecule has 1 saturated heterocycles. The minimum absolute atomic E-state index is 0.264. The largest absolute Gasteiger partial charge is 0.344 e. The van der Waals surface area contributed by atoms with Gasteiger partial charge in [-0.25, -0.2) is 9.98 Å². The van der Waals surface area contributed by atoms with Crippen molar-refractivity contribution in [3.63, 3.8) is 0 Å². The summed E-state index contributed by atoms with van der Waals surface area (Å²) in [5.41, 5.74) is 9.70. The Hall–Kier alpha value is -5.71. The Morgan fingerprint density at radius 1 is 0.608 bits per heavy atom. The van der Waals surface area contributed by atoms with E-state index in [2.05, 4.69) is 163 Å². The first-order valence-electron chi connectivity index (χ1n) is 17.8. The average Bonchev–Trinajstić information content (AvgIpc) is 3.59. The van der Waals surface area contributed by atoms with Crippen LogP contribution < -0.4 is 5.32 Å². The number of hydrogen-bond donors (Lipinski definition) is 1. The number of nitrogens with zero attached hydrogens (tertiary/aromatic N) is 2. The molecule has 51 heavy (non-hydrogen) atoms. The van der Waals surface area contributed by atoms with Crippen LogP contribution in [-0.2, 0) is 0 Å². The van der Waals surface area contributed by atoms with Crippen LogP contribution in [0.25, 0.3) is 38.2 Å². The molecule has 4 heteroatoms. The third kappa shape index (κ3) is 5.47. The van der Waals surface area contributed by atoms with Gasteiger partial charge in [-0.15, -0.1) is 11.8 Å². The fraction of sp³-hybridized carbons (Fsp3) is 0.106. The summed E-state index contributed by atoms with van der Waals surface area (Å²) in [6, 6.07) is 47.8. The van der Waals surface area contributed by atoms with E-state index >= 15 is 0 Å². The number of hydrogen-bond acceptors (Lipinski definition) is 4. The van der Waals surface area contributed by atoms with Gasteiger partial charge in [-0.05, 0) is 73.5 Å². The molecule has 6 aromatic carbocycles. The summed E-state index contributed by atoms with van der Waals surface area (Å²) in [4.78, 5) is 10.3. The Morgan fingerprint density at radius 3 is 2.27 bits per heavy atom. The summed E-state index contributed by atoms with van der Waals surface area (Å²) in [7, 11) is 0. The van der Waals surface area contributed by atoms with Gasteiger partial charge in [0.2, 0.25) is 0 Å². The topological polar surface area (TPSA) is 36.8 Å². The quantitative estimate of drug-likeness (QED) is 0.185. The summed E-state index contributed by atoms with van der Waals surface area (Å²) < 4.78 is 0. The van der Waals surface area contributed by atoms with Crippen LogP contribution in [0.2, 0.25) is 0 Å². The third-order valence-electron chi connectivity index (χ3n) is 10.6. The van der Waals surface area contributed by atoms with E-state index in [0.29, 0.717) is 16.4 Å². The molecule has 10 rings (SSSR count). The fourth-order valence-corrected chi connectivity index (χ4v) is 9.69. The molecule has 0 aromatic heterocycles. The van der Waals surface area contributed by atoms with Crippen molar-refractivity contribution in [1.29, 1.82) is 0 Å². The summed E-state index contributed by atoms with van der Waals surface area (Å²) >= 11 is 2.11. The fourth-order valence-electron chi connectivity index (χ4n) is 8.04. The Morgan fingerprint density at radius 2 is 1.37 bits per heavy atom. The first kappa shape index (κ1) is 30.1. The van der Waals surface area contributed by atoms with Crippen LogP contribution in [0.15, 0.2) is 185 Å². The van der Waals surface area contributed by atoms with Gasteiger partial charge in [0.05, 0.1) is 0 Å². The maximum absolute atomic E-state index is 5.23. The molecule has 0 saturated carbocycles. The van der Waals surface area contributed by atoms with Gasteiger partial charge in [0.15, 0.2) is 5.84 Å². The molecule has 4 atom stereocenters. The van der Waals surface area contributed by atoms with Gasteiger partial charge in [0.25, 0.3) is 0 Å². The molecule has 0 amide bonds. The molecule has 4 aliphatic rings. The molecular weight excluding hydrogens is 639 g/mol. The standard InChI is InChI=1S/C47H35N3S/c1-3-12-31(13-4-1)45-48-46(32-14-5-2-6-15-32)50-47(49-45)41-26-22-33(34-21-25-40-39-17-9-10-18-43(39)51-44(40)29-34)28-42(41)36-23-24-38-35(27-36)20-19-30-11-7-8-16-37(30)38/h1-28,39,43-45H,29H2,(H,48,49,50). The summed E-state index contributed by atoms with van der Waals surface area (Å²) in [5.74, 6) is 2.07. The number of nitrogens with one attached hydrogen (secondary N) is 1. The van der Waals surface area contributed by atoms with E-state index in [-0.39, 0.29) is 6.17 Å². The molecule has 3 nitrogen and oxygen atoms in total. The van der Waals surface area contributed by atoms with Crippen molar-refractivity contribution in [2.24, 2.45) is 15.9 Å². The number of benzene rings is 6. The molecular formula is C47H35N3S. The van der Waals surface area contributed by atoms with Gasteiger partial charge in [-0.3, -0.25) is 0 Å². The molecule has 244 valence electrons. The highest BCUT2D eigenvalue weighted by Gasteiger charge is 2.38. The van der Waals surface area contributed by atoms with E-state index in [9.17, 15) is 0 Å². The zero-order valence-electron chi connectivity index (χ0n) is 28.0. The SMILES string of the molecule is C1=CC2SC3CC(c4ccc(C5=NC(c6ccccc6)=NC(c6ccccc6)N5)c(-c5ccc6c(ccc7ccccc76)c5)c4)=CC=C3C2C=C1. The maximum atomic E-state index is 5.23. The lowest BCUT2D eigenvalue weighted by atomic mass is 9.83. The Bertz CT molecular complexity index is 2520. The van der Waals surface area contributed by atoms with Crippen molar-refractivity contribution in [1.82, 2.24) is 5.32 Å². The second-order valence-corrected chi connectivity index (χ2v) is 15.1. The van der Waals surface area contributed by atoms with E-state index in [1.807, 2.05) is 24.3 Å². The normalized spacial score (nSPS) is 22.0. The van der Waals surface area contributed by atoms with Crippen LogP contribution in [0.1, 0.15) is 34.8 Å². The number of thioether (sulfide) groups is 1. The predicted molar refractivity (Wildman–Crippen MR) is 216 cm³/mol. The van der Waals surface area contributed by atoms with Crippen LogP contribution in [0.4, 0.5) is 0 Å². The Balaban J connectivity index is 1.12. The van der Waals surface area contributed by atoms with Gasteiger partial charge in [0.1, 0.15) is 12.0 Å². The first-order valence-corrected chi connectivity index (χ1v) is 18.7. The number of aliphatic imine (C=N–C) groups is 2. The minimum Gasteiger partial charge on any atom is -0.344 e.